The van der Waals surface area contributed by atoms with Gasteiger partial charge in [-0.05, 0) is 51.0 Å². The average Bonchev–Trinajstić information content (AvgIpc) is 3.22. The number of rotatable bonds is 11. The van der Waals surface area contributed by atoms with Crippen molar-refractivity contribution in [3.8, 4) is 12.0 Å². The lowest BCUT2D eigenvalue weighted by Gasteiger charge is -2.18. The molecule has 1 heterocycles. The average molecular weight is 469 g/mol. The monoisotopic (exact) mass is 468 g/mol. The van der Waals surface area contributed by atoms with Gasteiger partial charge in [0.25, 0.3) is 10.0 Å². The van der Waals surface area contributed by atoms with Gasteiger partial charge in [0.05, 0.1) is 4.90 Å². The van der Waals surface area contributed by atoms with Crippen molar-refractivity contribution in [3.05, 3.63) is 65.9 Å². The molecular weight excluding hydrogens is 436 g/mol. The highest BCUT2D eigenvalue weighted by Gasteiger charge is 2.22. The van der Waals surface area contributed by atoms with Crippen LogP contribution in [0.4, 0.5) is 0 Å². The Labute approximate surface area is 197 Å². The number of H-pyrrole nitrogens is 1. The van der Waals surface area contributed by atoms with Crippen molar-refractivity contribution in [1.29, 1.82) is 0 Å². The summed E-state index contributed by atoms with van der Waals surface area (Å²) >= 11 is 0. The molecule has 0 aliphatic rings. The van der Waals surface area contributed by atoms with Crippen LogP contribution in [-0.2, 0) is 25.9 Å². The van der Waals surface area contributed by atoms with Gasteiger partial charge in [-0.25, -0.2) is 12.7 Å². The summed E-state index contributed by atoms with van der Waals surface area (Å²) in [5.74, 6) is 3.02. The van der Waals surface area contributed by atoms with Crippen LogP contribution in [0.15, 0.2) is 59.6 Å². The predicted octanol–water partition coefficient (Wildman–Crippen LogP) is 4.85. The van der Waals surface area contributed by atoms with E-state index in [9.17, 15) is 8.42 Å². The van der Waals surface area contributed by atoms with Crippen molar-refractivity contribution in [2.45, 2.75) is 51.2 Å². The van der Waals surface area contributed by atoms with Crippen molar-refractivity contribution in [2.24, 2.45) is 0 Å². The third kappa shape index (κ3) is 6.61. The molecule has 0 radical (unpaired) electrons. The third-order valence-corrected chi connectivity index (χ3v) is 7.00. The van der Waals surface area contributed by atoms with E-state index in [4.69, 9.17) is 9.47 Å². The summed E-state index contributed by atoms with van der Waals surface area (Å²) in [6.45, 7) is 7.12. The second-order valence-corrected chi connectivity index (χ2v) is 9.53. The number of sulfonamides is 1. The lowest BCUT2D eigenvalue weighted by Crippen LogP contribution is -2.28. The number of aromatic nitrogens is 1. The summed E-state index contributed by atoms with van der Waals surface area (Å²) in [4.78, 5) is 3.48. The number of para-hydroxylation sites is 1. The van der Waals surface area contributed by atoms with Crippen molar-refractivity contribution < 1.29 is 17.9 Å². The van der Waals surface area contributed by atoms with Gasteiger partial charge in [0.1, 0.15) is 0 Å². The Kier molecular flexibility index (Phi) is 8.95. The molecule has 0 saturated carbocycles. The second-order valence-electron chi connectivity index (χ2n) is 7.67. The highest BCUT2D eigenvalue weighted by atomic mass is 32.2. The quantitative estimate of drug-likeness (QED) is 0.248. The molecule has 1 N–H and O–H groups in total. The minimum atomic E-state index is -3.76. The fraction of sp³-hybridized carbons (Fsp3) is 0.385. The zero-order valence-electron chi connectivity index (χ0n) is 19.5. The number of ether oxygens (including phenoxy) is 2. The molecule has 0 aliphatic carbocycles. The molecule has 2 aromatic carbocycles. The largest absolute Gasteiger partial charge is 0.361 e. The molecular formula is C26H32N2O4S. The summed E-state index contributed by atoms with van der Waals surface area (Å²) in [5, 5.41) is 1.09. The van der Waals surface area contributed by atoms with E-state index in [1.807, 2.05) is 51.2 Å². The SMILES string of the molecule is CCOC(CCC#CN(CCc1c[nH]c2ccccc12)S(=O)(=O)c1ccc(C)cc1)OCC. The fourth-order valence-corrected chi connectivity index (χ4v) is 4.81. The van der Waals surface area contributed by atoms with Crippen LogP contribution in [0.2, 0.25) is 0 Å². The normalized spacial score (nSPS) is 11.5. The molecule has 0 aliphatic heterocycles. The van der Waals surface area contributed by atoms with Gasteiger partial charge in [-0.3, -0.25) is 0 Å². The van der Waals surface area contributed by atoms with Gasteiger partial charge in [0.15, 0.2) is 6.29 Å². The van der Waals surface area contributed by atoms with Crippen LogP contribution in [0.1, 0.15) is 37.8 Å². The Morgan fingerprint density at radius 1 is 1.03 bits per heavy atom. The van der Waals surface area contributed by atoms with E-state index in [0.717, 1.165) is 22.0 Å². The van der Waals surface area contributed by atoms with Gasteiger partial charge in [-0.2, -0.15) is 0 Å². The molecule has 0 fully saturated rings. The van der Waals surface area contributed by atoms with Crippen molar-refractivity contribution in [1.82, 2.24) is 9.29 Å². The highest BCUT2D eigenvalue weighted by molar-refractivity contribution is 7.89. The minimum absolute atomic E-state index is 0.239. The van der Waals surface area contributed by atoms with Gasteiger partial charge in [-0.15, -0.1) is 0 Å². The van der Waals surface area contributed by atoms with Crippen molar-refractivity contribution in [3.63, 3.8) is 0 Å². The van der Waals surface area contributed by atoms with Gasteiger partial charge in [-0.1, -0.05) is 41.8 Å². The summed E-state index contributed by atoms with van der Waals surface area (Å²) in [6, 6.07) is 17.7. The Morgan fingerprint density at radius 3 is 2.42 bits per heavy atom. The van der Waals surface area contributed by atoms with Gasteiger partial charge in [0.2, 0.25) is 0 Å². The molecule has 0 saturated heterocycles. The van der Waals surface area contributed by atoms with E-state index in [0.29, 0.717) is 32.5 Å². The number of aromatic amines is 1. The molecule has 0 bridgehead atoms. The molecule has 6 nitrogen and oxygen atoms in total. The van der Waals surface area contributed by atoms with Crippen molar-refractivity contribution in [2.75, 3.05) is 19.8 Å². The van der Waals surface area contributed by atoms with E-state index in [-0.39, 0.29) is 17.7 Å². The zero-order valence-corrected chi connectivity index (χ0v) is 20.3. The topological polar surface area (TPSA) is 71.6 Å². The van der Waals surface area contributed by atoms with E-state index >= 15 is 0 Å². The number of hydrogen-bond donors (Lipinski definition) is 1. The van der Waals surface area contributed by atoms with Crippen LogP contribution in [0.5, 0.6) is 0 Å². The van der Waals surface area contributed by atoms with E-state index in [1.54, 1.807) is 24.3 Å². The number of fused-ring (bicyclic) bond motifs is 1. The van der Waals surface area contributed by atoms with Gasteiger partial charge < -0.3 is 14.5 Å². The number of hydrogen-bond acceptors (Lipinski definition) is 4. The third-order valence-electron chi connectivity index (χ3n) is 5.28. The second kappa shape index (κ2) is 11.9. The van der Waals surface area contributed by atoms with Gasteiger partial charge in [0, 0.05) is 55.7 Å². The zero-order chi connectivity index (χ0) is 23.7. The van der Waals surface area contributed by atoms with Crippen LogP contribution in [0.25, 0.3) is 10.9 Å². The molecule has 3 aromatic rings. The van der Waals surface area contributed by atoms with Crippen LogP contribution in [0.3, 0.4) is 0 Å². The van der Waals surface area contributed by atoms with Crippen molar-refractivity contribution >= 4 is 20.9 Å². The maximum atomic E-state index is 13.4. The molecule has 1 aromatic heterocycles. The first kappa shape index (κ1) is 24.8. The molecule has 0 spiro atoms. The van der Waals surface area contributed by atoms with Crippen LogP contribution >= 0.6 is 0 Å². The number of nitrogens with one attached hydrogen (secondary N) is 1. The van der Waals surface area contributed by atoms with Gasteiger partial charge >= 0.3 is 0 Å². The molecule has 33 heavy (non-hydrogen) atoms. The van der Waals surface area contributed by atoms with E-state index < -0.39 is 10.0 Å². The number of benzene rings is 2. The first-order valence-corrected chi connectivity index (χ1v) is 12.8. The Balaban J connectivity index is 1.79. The molecule has 176 valence electrons. The Hall–Kier alpha value is -2.79. The summed E-state index contributed by atoms with van der Waals surface area (Å²) in [6.07, 6.45) is 3.20. The summed E-state index contributed by atoms with van der Waals surface area (Å²) in [5.41, 5.74) is 3.09. The maximum Gasteiger partial charge on any atom is 0.270 e. The van der Waals surface area contributed by atoms with Crippen LogP contribution in [-0.4, -0.2) is 43.8 Å². The Bertz CT molecular complexity index is 1180. The summed E-state index contributed by atoms with van der Waals surface area (Å²) in [7, 11) is -3.76. The minimum Gasteiger partial charge on any atom is -0.361 e. The molecule has 3 rings (SSSR count). The smallest absolute Gasteiger partial charge is 0.270 e. The highest BCUT2D eigenvalue weighted by Crippen LogP contribution is 2.21. The maximum absolute atomic E-state index is 13.4. The van der Waals surface area contributed by atoms with Crippen LogP contribution < -0.4 is 0 Å². The standard InChI is InChI=1S/C26H32N2O4S/c1-4-31-26(32-5-2)12-8-9-18-28(33(29,30)23-15-13-21(3)14-16-23)19-17-22-20-27-25-11-7-6-10-24(22)25/h6-7,10-11,13-16,20,26-27H,4-5,8,12,17,19H2,1-3H3. The molecule has 7 heteroatoms. The molecule has 0 atom stereocenters. The first-order valence-electron chi connectivity index (χ1n) is 11.3. The molecule has 0 unspecified atom stereocenters. The lowest BCUT2D eigenvalue weighted by atomic mass is 10.1. The van der Waals surface area contributed by atoms with E-state index in [2.05, 4.69) is 16.9 Å². The first-order chi connectivity index (χ1) is 16.0. The summed E-state index contributed by atoms with van der Waals surface area (Å²) < 4.78 is 39.1. The predicted molar refractivity (Wildman–Crippen MR) is 131 cm³/mol. The number of aryl methyl sites for hydroxylation is 1. The van der Waals surface area contributed by atoms with E-state index in [1.165, 1.54) is 4.31 Å². The van der Waals surface area contributed by atoms with Crippen LogP contribution in [0, 0.1) is 18.9 Å². The lowest BCUT2D eigenvalue weighted by molar-refractivity contribution is -0.138. The Morgan fingerprint density at radius 2 is 1.73 bits per heavy atom. The molecule has 0 amide bonds. The fourth-order valence-electron chi connectivity index (χ4n) is 3.55. The number of nitrogens with zero attached hydrogens (tertiary/aromatic N) is 1.